The second kappa shape index (κ2) is 6.73. The Kier molecular flexibility index (Phi) is 5.21. The SMILES string of the molecule is CC(C)(C)OC(=O)C(N)C1(c2ccccc2)CCC(O)(O)C(=C=O)C1. The summed E-state index contributed by atoms with van der Waals surface area (Å²) >= 11 is 0. The van der Waals surface area contributed by atoms with Gasteiger partial charge in [-0.25, -0.2) is 4.79 Å². The average molecular weight is 347 g/mol. The number of hydrogen-bond donors (Lipinski definition) is 3. The van der Waals surface area contributed by atoms with Crippen LogP contribution in [0, 0.1) is 0 Å². The minimum absolute atomic E-state index is 0.0755. The molecule has 1 aromatic carbocycles. The van der Waals surface area contributed by atoms with E-state index < -0.39 is 28.8 Å². The normalized spacial score (nSPS) is 24.3. The maximum absolute atomic E-state index is 12.6. The van der Waals surface area contributed by atoms with Crippen molar-refractivity contribution in [3.05, 3.63) is 41.5 Å². The molecule has 2 rings (SSSR count). The van der Waals surface area contributed by atoms with Crippen molar-refractivity contribution < 1.29 is 24.5 Å². The van der Waals surface area contributed by atoms with E-state index in [1.807, 2.05) is 30.3 Å². The molecule has 0 bridgehead atoms. The molecular formula is C19H25NO5. The lowest BCUT2D eigenvalue weighted by molar-refractivity contribution is -0.165. The van der Waals surface area contributed by atoms with Crippen LogP contribution in [0.3, 0.4) is 0 Å². The molecule has 0 amide bonds. The highest BCUT2D eigenvalue weighted by Gasteiger charge is 2.52. The van der Waals surface area contributed by atoms with Crippen LogP contribution >= 0.6 is 0 Å². The van der Waals surface area contributed by atoms with Gasteiger partial charge in [-0.2, -0.15) is 0 Å². The molecule has 1 aromatic rings. The number of carbonyl (C=O) groups is 1. The second-order valence-corrected chi connectivity index (χ2v) is 7.61. The van der Waals surface area contributed by atoms with E-state index in [1.165, 1.54) is 0 Å². The molecule has 0 saturated heterocycles. The fourth-order valence-corrected chi connectivity index (χ4v) is 3.26. The van der Waals surface area contributed by atoms with Crippen LogP contribution in [-0.4, -0.2) is 39.6 Å². The molecule has 136 valence electrons. The van der Waals surface area contributed by atoms with Crippen LogP contribution in [0.2, 0.25) is 0 Å². The molecular weight excluding hydrogens is 322 g/mol. The first kappa shape index (κ1) is 19.3. The van der Waals surface area contributed by atoms with E-state index in [1.54, 1.807) is 26.7 Å². The predicted octanol–water partition coefficient (Wildman–Crippen LogP) is 1.22. The van der Waals surface area contributed by atoms with Gasteiger partial charge in [0, 0.05) is 11.8 Å². The van der Waals surface area contributed by atoms with Crippen LogP contribution in [0.25, 0.3) is 0 Å². The summed E-state index contributed by atoms with van der Waals surface area (Å²) in [5.41, 5.74) is 5.16. The van der Waals surface area contributed by atoms with E-state index in [9.17, 15) is 19.8 Å². The first-order valence-electron chi connectivity index (χ1n) is 8.25. The monoisotopic (exact) mass is 347 g/mol. The van der Waals surface area contributed by atoms with Crippen molar-refractivity contribution in [2.75, 3.05) is 0 Å². The van der Waals surface area contributed by atoms with E-state index in [-0.39, 0.29) is 24.8 Å². The van der Waals surface area contributed by atoms with Crippen molar-refractivity contribution in [2.45, 2.75) is 62.9 Å². The Labute approximate surface area is 147 Å². The fraction of sp³-hybridized carbons (Fsp3) is 0.526. The van der Waals surface area contributed by atoms with Gasteiger partial charge in [-0.3, -0.25) is 4.79 Å². The molecule has 4 N–H and O–H groups in total. The summed E-state index contributed by atoms with van der Waals surface area (Å²) in [6.07, 6.45) is 0.0203. The van der Waals surface area contributed by atoms with Gasteiger partial charge in [0.15, 0.2) is 5.79 Å². The standard InChI is InChI=1S/C19H25NO5/c1-17(2,3)25-16(22)15(20)18(13-7-5-4-6-8-13)9-10-19(23,24)14(11-18)12-21/h4-8,15,23-24H,9-11,20H2,1-3H3. The number of hydrogen-bond acceptors (Lipinski definition) is 6. The number of benzene rings is 1. The van der Waals surface area contributed by atoms with Gasteiger partial charge in [0.05, 0.1) is 5.57 Å². The Morgan fingerprint density at radius 3 is 2.36 bits per heavy atom. The fourth-order valence-electron chi connectivity index (χ4n) is 3.26. The number of carbonyl (C=O) groups excluding carboxylic acids is 2. The van der Waals surface area contributed by atoms with Crippen LogP contribution < -0.4 is 5.73 Å². The molecule has 1 fully saturated rings. The highest BCUT2D eigenvalue weighted by molar-refractivity contribution is 5.79. The zero-order chi connectivity index (χ0) is 18.9. The lowest BCUT2D eigenvalue weighted by atomic mass is 9.62. The third-order valence-electron chi connectivity index (χ3n) is 4.62. The summed E-state index contributed by atoms with van der Waals surface area (Å²) in [6, 6.07) is 8.01. The van der Waals surface area contributed by atoms with Crippen molar-refractivity contribution in [3.8, 4) is 0 Å². The van der Waals surface area contributed by atoms with Gasteiger partial charge >= 0.3 is 5.97 Å². The first-order chi connectivity index (χ1) is 11.5. The van der Waals surface area contributed by atoms with Gasteiger partial charge in [0.25, 0.3) is 0 Å². The molecule has 0 radical (unpaired) electrons. The minimum atomic E-state index is -2.23. The zero-order valence-electron chi connectivity index (χ0n) is 14.8. The molecule has 6 heteroatoms. The molecule has 2 unspecified atom stereocenters. The maximum atomic E-state index is 12.6. The van der Waals surface area contributed by atoms with Gasteiger partial charge in [0.1, 0.15) is 17.6 Å². The molecule has 0 aromatic heterocycles. The Morgan fingerprint density at radius 1 is 1.24 bits per heavy atom. The largest absolute Gasteiger partial charge is 0.459 e. The minimum Gasteiger partial charge on any atom is -0.459 e. The van der Waals surface area contributed by atoms with E-state index in [2.05, 4.69) is 0 Å². The second-order valence-electron chi connectivity index (χ2n) is 7.61. The Bertz CT molecular complexity index is 686. The van der Waals surface area contributed by atoms with Crippen molar-refractivity contribution in [1.82, 2.24) is 0 Å². The van der Waals surface area contributed by atoms with E-state index in [0.717, 1.165) is 5.56 Å². The Morgan fingerprint density at radius 2 is 1.84 bits per heavy atom. The molecule has 0 aliphatic heterocycles. The van der Waals surface area contributed by atoms with Crippen molar-refractivity contribution in [3.63, 3.8) is 0 Å². The quantitative estimate of drug-likeness (QED) is 0.431. The summed E-state index contributed by atoms with van der Waals surface area (Å²) in [5.74, 6) is -1.20. The summed E-state index contributed by atoms with van der Waals surface area (Å²) in [6.45, 7) is 5.24. The molecule has 1 aliphatic rings. The van der Waals surface area contributed by atoms with Gasteiger partial charge in [-0.15, -0.1) is 0 Å². The average Bonchev–Trinajstić information content (AvgIpc) is 2.53. The summed E-state index contributed by atoms with van der Waals surface area (Å²) in [5, 5.41) is 20.0. The number of ether oxygens (including phenoxy) is 1. The highest BCUT2D eigenvalue weighted by atomic mass is 16.6. The molecule has 2 atom stereocenters. The van der Waals surface area contributed by atoms with Crippen LogP contribution in [-0.2, 0) is 19.7 Å². The van der Waals surface area contributed by atoms with Gasteiger partial charge in [-0.05, 0) is 39.2 Å². The van der Waals surface area contributed by atoms with Crippen LogP contribution in [0.5, 0.6) is 0 Å². The smallest absolute Gasteiger partial charge is 0.324 e. The van der Waals surface area contributed by atoms with E-state index in [0.29, 0.717) is 0 Å². The third-order valence-corrected chi connectivity index (χ3v) is 4.62. The summed E-state index contributed by atoms with van der Waals surface area (Å²) in [7, 11) is 0. The molecule has 6 nitrogen and oxygen atoms in total. The van der Waals surface area contributed by atoms with Crippen molar-refractivity contribution in [1.29, 1.82) is 0 Å². The van der Waals surface area contributed by atoms with Crippen LogP contribution in [0.1, 0.15) is 45.6 Å². The van der Waals surface area contributed by atoms with Crippen molar-refractivity contribution >= 4 is 11.9 Å². The third kappa shape index (κ3) is 3.99. The van der Waals surface area contributed by atoms with Gasteiger partial charge < -0.3 is 20.7 Å². The summed E-state index contributed by atoms with van der Waals surface area (Å²) in [4.78, 5) is 23.9. The Hall–Kier alpha value is -1.98. The molecule has 25 heavy (non-hydrogen) atoms. The lowest BCUT2D eigenvalue weighted by Gasteiger charge is -2.45. The Balaban J connectivity index is 2.48. The van der Waals surface area contributed by atoms with Gasteiger partial charge in [0.2, 0.25) is 0 Å². The first-order valence-corrected chi connectivity index (χ1v) is 8.25. The number of rotatable bonds is 3. The number of aliphatic hydroxyl groups is 2. The molecule has 0 heterocycles. The molecule has 1 aliphatic carbocycles. The van der Waals surface area contributed by atoms with Gasteiger partial charge in [-0.1, -0.05) is 30.3 Å². The van der Waals surface area contributed by atoms with E-state index >= 15 is 0 Å². The topological polar surface area (TPSA) is 110 Å². The zero-order valence-corrected chi connectivity index (χ0v) is 14.8. The highest BCUT2D eigenvalue weighted by Crippen LogP contribution is 2.46. The molecule has 0 spiro atoms. The molecule has 1 saturated carbocycles. The number of esters is 1. The van der Waals surface area contributed by atoms with E-state index in [4.69, 9.17) is 10.5 Å². The number of nitrogens with two attached hydrogens (primary N) is 1. The van der Waals surface area contributed by atoms with Crippen LogP contribution in [0.15, 0.2) is 35.9 Å². The summed E-state index contributed by atoms with van der Waals surface area (Å²) < 4.78 is 5.42. The predicted molar refractivity (Wildman–Crippen MR) is 92.2 cm³/mol. The van der Waals surface area contributed by atoms with Crippen LogP contribution in [0.4, 0.5) is 0 Å². The maximum Gasteiger partial charge on any atom is 0.324 e. The van der Waals surface area contributed by atoms with Crippen molar-refractivity contribution in [2.24, 2.45) is 5.73 Å². The lowest BCUT2D eigenvalue weighted by Crippen LogP contribution is -2.57.